The molecule has 0 fully saturated rings. The highest BCUT2D eigenvalue weighted by atomic mass is 35.5. The van der Waals surface area contributed by atoms with E-state index in [-0.39, 0.29) is 21.6 Å². The first-order valence-corrected chi connectivity index (χ1v) is 9.60. The molecule has 0 unspecified atom stereocenters. The molecule has 0 atom stereocenters. The smallest absolute Gasteiger partial charge is 0.340 e. The van der Waals surface area contributed by atoms with Crippen molar-refractivity contribution in [1.82, 2.24) is 0 Å². The summed E-state index contributed by atoms with van der Waals surface area (Å²) in [5.74, 6) is 0.445. The van der Waals surface area contributed by atoms with Crippen molar-refractivity contribution in [2.75, 3.05) is 6.61 Å². The number of nitrogens with two attached hydrogens (primary N) is 2. The minimum absolute atomic E-state index is 0.0849. The topological polar surface area (TPSA) is 129 Å². The SMILES string of the molecule is Cc1cc(OCC/C=N/N=C(N)N)cc(OS(=O)(=O)c2ccccc2Cl)c1. The second-order valence-corrected chi connectivity index (χ2v) is 7.33. The quantitative estimate of drug-likeness (QED) is 0.226. The van der Waals surface area contributed by atoms with Crippen molar-refractivity contribution in [2.24, 2.45) is 21.7 Å². The summed E-state index contributed by atoms with van der Waals surface area (Å²) in [7, 11) is -4.07. The Morgan fingerprint density at radius 2 is 1.89 bits per heavy atom. The highest BCUT2D eigenvalue weighted by Crippen LogP contribution is 2.28. The molecule has 2 rings (SSSR count). The Morgan fingerprint density at radius 1 is 1.19 bits per heavy atom. The molecule has 0 heterocycles. The van der Waals surface area contributed by atoms with Gasteiger partial charge in [-0.15, -0.1) is 5.10 Å². The van der Waals surface area contributed by atoms with Crippen LogP contribution in [0.25, 0.3) is 0 Å². The average Bonchev–Trinajstić information content (AvgIpc) is 2.57. The highest BCUT2D eigenvalue weighted by Gasteiger charge is 2.20. The van der Waals surface area contributed by atoms with E-state index in [1.165, 1.54) is 24.4 Å². The number of halogens is 1. The fraction of sp³-hybridized carbons (Fsp3) is 0.176. The first kappa shape index (κ1) is 20.5. The zero-order valence-corrected chi connectivity index (χ0v) is 16.1. The van der Waals surface area contributed by atoms with Gasteiger partial charge in [-0.3, -0.25) is 0 Å². The van der Waals surface area contributed by atoms with Crippen molar-refractivity contribution in [2.45, 2.75) is 18.2 Å². The third kappa shape index (κ3) is 6.46. The maximum absolute atomic E-state index is 12.4. The lowest BCUT2D eigenvalue weighted by atomic mass is 10.2. The summed E-state index contributed by atoms with van der Waals surface area (Å²) in [6, 6.07) is 10.9. The van der Waals surface area contributed by atoms with Crippen LogP contribution in [0.5, 0.6) is 11.5 Å². The second-order valence-electron chi connectivity index (χ2n) is 5.41. The molecular formula is C17H19ClN4O4S. The van der Waals surface area contributed by atoms with Gasteiger partial charge in [0.1, 0.15) is 16.4 Å². The molecule has 0 saturated carbocycles. The Labute approximate surface area is 162 Å². The standard InChI is InChI=1S/C17H19ClN4O4S/c1-12-9-13(25-8-4-7-21-22-17(19)20)11-14(10-12)26-27(23,24)16-6-3-2-5-15(16)18/h2-3,5-7,9-11H,4,8H2,1H3,(H4,19,20,22)/b21-7+. The molecule has 0 bridgehead atoms. The maximum Gasteiger partial charge on any atom is 0.340 e. The van der Waals surface area contributed by atoms with Gasteiger partial charge in [-0.05, 0) is 36.8 Å². The molecule has 2 aromatic carbocycles. The van der Waals surface area contributed by atoms with E-state index in [4.69, 9.17) is 32.0 Å². The van der Waals surface area contributed by atoms with Gasteiger partial charge in [-0.1, -0.05) is 23.7 Å². The molecule has 0 amide bonds. The van der Waals surface area contributed by atoms with Gasteiger partial charge in [-0.25, -0.2) is 0 Å². The van der Waals surface area contributed by atoms with E-state index in [2.05, 4.69) is 10.2 Å². The van der Waals surface area contributed by atoms with Crippen LogP contribution < -0.4 is 20.4 Å². The van der Waals surface area contributed by atoms with Gasteiger partial charge in [-0.2, -0.15) is 13.5 Å². The van der Waals surface area contributed by atoms with Crippen molar-refractivity contribution in [3.8, 4) is 11.5 Å². The molecule has 8 nitrogen and oxygen atoms in total. The molecule has 0 aliphatic carbocycles. The van der Waals surface area contributed by atoms with E-state index in [0.717, 1.165) is 5.56 Å². The van der Waals surface area contributed by atoms with E-state index in [0.29, 0.717) is 18.8 Å². The third-order valence-electron chi connectivity index (χ3n) is 3.11. The summed E-state index contributed by atoms with van der Waals surface area (Å²) in [6.07, 6.45) is 1.95. The molecule has 0 radical (unpaired) electrons. The number of guanidine groups is 1. The highest BCUT2D eigenvalue weighted by molar-refractivity contribution is 7.87. The maximum atomic E-state index is 12.4. The molecule has 144 valence electrons. The molecule has 0 aliphatic heterocycles. The summed E-state index contributed by atoms with van der Waals surface area (Å²) in [5, 5.41) is 7.19. The van der Waals surface area contributed by atoms with Gasteiger partial charge in [0.25, 0.3) is 0 Å². The van der Waals surface area contributed by atoms with E-state index in [1.54, 1.807) is 31.2 Å². The Kier molecular flexibility index (Phi) is 7.03. The minimum Gasteiger partial charge on any atom is -0.493 e. The van der Waals surface area contributed by atoms with Crippen LogP contribution >= 0.6 is 11.6 Å². The lowest BCUT2D eigenvalue weighted by Gasteiger charge is -2.11. The van der Waals surface area contributed by atoms with Crippen LogP contribution in [-0.4, -0.2) is 27.2 Å². The summed E-state index contributed by atoms with van der Waals surface area (Å²) in [5.41, 5.74) is 11.1. The van der Waals surface area contributed by atoms with E-state index in [1.807, 2.05) is 0 Å². The number of benzene rings is 2. The molecule has 0 spiro atoms. The Morgan fingerprint density at radius 3 is 2.59 bits per heavy atom. The lowest BCUT2D eigenvalue weighted by molar-refractivity contribution is 0.329. The van der Waals surface area contributed by atoms with Crippen LogP contribution in [0.2, 0.25) is 5.02 Å². The normalized spacial score (nSPS) is 11.3. The summed E-state index contributed by atoms with van der Waals surface area (Å²) >= 11 is 5.95. The molecular weight excluding hydrogens is 392 g/mol. The van der Waals surface area contributed by atoms with Crippen molar-refractivity contribution in [3.05, 3.63) is 53.1 Å². The zero-order chi connectivity index (χ0) is 19.9. The van der Waals surface area contributed by atoms with Crippen LogP contribution in [0.15, 0.2) is 57.6 Å². The summed E-state index contributed by atoms with van der Waals surface area (Å²) in [4.78, 5) is -0.105. The number of hydrogen-bond donors (Lipinski definition) is 2. The van der Waals surface area contributed by atoms with Crippen LogP contribution in [0.3, 0.4) is 0 Å². The van der Waals surface area contributed by atoms with Crippen LogP contribution in [0.4, 0.5) is 0 Å². The van der Waals surface area contributed by atoms with Gasteiger partial charge in [0, 0.05) is 18.7 Å². The predicted octanol–water partition coefficient (Wildman–Crippen LogP) is 2.44. The zero-order valence-electron chi connectivity index (χ0n) is 14.5. The van der Waals surface area contributed by atoms with Crippen molar-refractivity contribution >= 4 is 33.9 Å². The second kappa shape index (κ2) is 9.24. The monoisotopic (exact) mass is 410 g/mol. The number of hydrogen-bond acceptors (Lipinski definition) is 6. The average molecular weight is 411 g/mol. The Hall–Kier alpha value is -2.78. The van der Waals surface area contributed by atoms with E-state index >= 15 is 0 Å². The fourth-order valence-electron chi connectivity index (χ4n) is 2.06. The number of nitrogens with zero attached hydrogens (tertiary/aromatic N) is 2. The number of rotatable bonds is 8. The lowest BCUT2D eigenvalue weighted by Crippen LogP contribution is -2.21. The molecule has 0 aromatic heterocycles. The molecule has 2 aromatic rings. The minimum atomic E-state index is -4.07. The largest absolute Gasteiger partial charge is 0.493 e. The number of aryl methyl sites for hydroxylation is 1. The van der Waals surface area contributed by atoms with Crippen LogP contribution in [-0.2, 0) is 10.1 Å². The summed E-state index contributed by atoms with van der Waals surface area (Å²) in [6.45, 7) is 2.09. The molecule has 0 saturated heterocycles. The van der Waals surface area contributed by atoms with Crippen molar-refractivity contribution in [1.29, 1.82) is 0 Å². The van der Waals surface area contributed by atoms with Gasteiger partial charge in [0.2, 0.25) is 5.96 Å². The first-order valence-electron chi connectivity index (χ1n) is 7.82. The number of ether oxygens (including phenoxy) is 1. The predicted molar refractivity (Wildman–Crippen MR) is 105 cm³/mol. The van der Waals surface area contributed by atoms with Crippen LogP contribution in [0, 0.1) is 6.92 Å². The summed E-state index contributed by atoms with van der Waals surface area (Å²) < 4.78 is 35.6. The fourth-order valence-corrected chi connectivity index (χ4v) is 3.47. The van der Waals surface area contributed by atoms with Gasteiger partial charge in [0.05, 0.1) is 11.6 Å². The molecule has 27 heavy (non-hydrogen) atoms. The molecule has 4 N–H and O–H groups in total. The van der Waals surface area contributed by atoms with Crippen molar-refractivity contribution in [3.63, 3.8) is 0 Å². The van der Waals surface area contributed by atoms with E-state index < -0.39 is 10.1 Å². The first-order chi connectivity index (χ1) is 12.8. The molecule has 0 aliphatic rings. The van der Waals surface area contributed by atoms with Gasteiger partial charge >= 0.3 is 10.1 Å². The van der Waals surface area contributed by atoms with Gasteiger partial charge in [0.15, 0.2) is 0 Å². The molecule has 10 heteroatoms. The van der Waals surface area contributed by atoms with Crippen molar-refractivity contribution < 1.29 is 17.3 Å². The third-order valence-corrected chi connectivity index (χ3v) is 4.86. The van der Waals surface area contributed by atoms with Gasteiger partial charge < -0.3 is 20.4 Å². The van der Waals surface area contributed by atoms with E-state index in [9.17, 15) is 8.42 Å². The van der Waals surface area contributed by atoms with Crippen LogP contribution in [0.1, 0.15) is 12.0 Å². The Balaban J connectivity index is 2.07. The Bertz CT molecular complexity index is 957.